The van der Waals surface area contributed by atoms with Crippen molar-refractivity contribution in [3.05, 3.63) is 182 Å². The number of pyridine rings is 4. The molecule has 10 heteroatoms. The Morgan fingerprint density at radius 2 is 0.833 bits per heavy atom. The van der Waals surface area contributed by atoms with Gasteiger partial charge in [0.05, 0.1) is 14.2 Å². The minimum atomic E-state index is 0. The molecule has 0 saturated carbocycles. The van der Waals surface area contributed by atoms with Gasteiger partial charge in [0, 0.05) is 12.4 Å². The number of ether oxygens (including phenoxy) is 2. The molecule has 0 aliphatic carbocycles. The van der Waals surface area contributed by atoms with E-state index in [-0.39, 0.29) is 42.1 Å². The first kappa shape index (κ1) is 41.7. The Bertz CT molecular complexity index is 3030. The van der Waals surface area contributed by atoms with Crippen molar-refractivity contribution in [1.29, 1.82) is 0 Å². The van der Waals surface area contributed by atoms with Gasteiger partial charge in [0.1, 0.15) is 11.8 Å². The first-order valence-electron chi connectivity index (χ1n) is 18.7. The van der Waals surface area contributed by atoms with Crippen LogP contribution in [0.1, 0.15) is 0 Å². The number of rotatable bonds is 2. The minimum absolute atomic E-state index is 0. The largest absolute Gasteiger partial charge is 2.00 e. The van der Waals surface area contributed by atoms with Gasteiger partial charge in [0.15, 0.2) is 0 Å². The molecule has 0 unspecified atom stereocenters. The molecule has 6 heterocycles. The molecule has 8 nitrogen and oxygen atoms in total. The molecule has 0 atom stereocenters. The van der Waals surface area contributed by atoms with Crippen LogP contribution in [0.25, 0.3) is 87.2 Å². The van der Waals surface area contributed by atoms with Gasteiger partial charge in [-0.1, -0.05) is 97.1 Å². The van der Waals surface area contributed by atoms with E-state index in [4.69, 9.17) is 9.47 Å². The summed E-state index contributed by atoms with van der Waals surface area (Å²) in [7, 11) is 3.22. The van der Waals surface area contributed by atoms with Crippen LogP contribution in [0.5, 0.6) is 11.8 Å². The third-order valence-electron chi connectivity index (χ3n) is 9.77. The monoisotopic (exact) mass is 1140 g/mol. The van der Waals surface area contributed by atoms with Crippen LogP contribution in [0.3, 0.4) is 0 Å². The molecule has 0 aliphatic heterocycles. The number of methoxy groups -OCH3 is 2. The van der Waals surface area contributed by atoms with Crippen molar-refractivity contribution in [3.8, 4) is 11.8 Å². The maximum atomic E-state index is 5.07. The zero-order chi connectivity index (χ0) is 39.3. The Hall–Kier alpha value is -6.46. The van der Waals surface area contributed by atoms with E-state index in [1.54, 1.807) is 14.2 Å². The van der Waals surface area contributed by atoms with Crippen molar-refractivity contribution in [3.63, 3.8) is 0 Å². The second-order valence-electron chi connectivity index (χ2n) is 13.3. The number of hydrogen-bond acceptors (Lipinski definition) is 6. The van der Waals surface area contributed by atoms with Gasteiger partial charge in [-0.2, -0.15) is 0 Å². The first-order chi connectivity index (χ1) is 28.7. The molecule has 0 spiro atoms. The standard InChI is InChI=1S/2C13H8N.2C12H9N2O.2Pt/c2*1-2-6-12-10(4-1)7-8-11-5-3-9-14-13(11)12;2*1-15-11-7-6-9-8-4-2-3-5-10(8)13-12(9)14-11;;/h2*1-5,7-9H;2*2-7H,1H3;;/q4*-1;2*+2. The van der Waals surface area contributed by atoms with Crippen LogP contribution in [0, 0.1) is 12.1 Å². The second-order valence-corrected chi connectivity index (χ2v) is 13.3. The van der Waals surface area contributed by atoms with Crippen molar-refractivity contribution in [2.75, 3.05) is 14.2 Å². The summed E-state index contributed by atoms with van der Waals surface area (Å²) >= 11 is 0. The van der Waals surface area contributed by atoms with E-state index in [1.807, 2.05) is 109 Å². The summed E-state index contributed by atoms with van der Waals surface area (Å²) < 4.78 is 10.1. The zero-order valence-electron chi connectivity index (χ0n) is 32.3. The van der Waals surface area contributed by atoms with Crippen LogP contribution in [-0.2, 0) is 42.1 Å². The summed E-state index contributed by atoms with van der Waals surface area (Å²) in [5.74, 6) is 1.20. The van der Waals surface area contributed by atoms with Crippen molar-refractivity contribution < 1.29 is 51.6 Å². The van der Waals surface area contributed by atoms with Gasteiger partial charge < -0.3 is 39.4 Å². The SMILES string of the molecule is COc1ccc2c(n1)[n-]c1ccccc12.COc1ccc2c(n1)[n-]c1ccccc12.[Pt+2].[Pt+2].[c-]1cccc2ccc3cccnc3c12.[c-]1cccc2ccc3cccnc3c12. The molecule has 0 fully saturated rings. The van der Waals surface area contributed by atoms with Crippen molar-refractivity contribution in [2.24, 2.45) is 0 Å². The molecule has 6 aromatic carbocycles. The topological polar surface area (TPSA) is 98.2 Å². The van der Waals surface area contributed by atoms with Gasteiger partial charge in [-0.05, 0) is 89.9 Å². The number of para-hydroxylation sites is 2. The Kier molecular flexibility index (Phi) is 13.3. The molecule has 0 bridgehead atoms. The molecule has 0 saturated heterocycles. The maximum Gasteiger partial charge on any atom is 2.00 e. The molecular weight excluding hydrogens is 1110 g/mol. The number of benzene rings is 6. The van der Waals surface area contributed by atoms with E-state index in [2.05, 4.69) is 103 Å². The van der Waals surface area contributed by atoms with Gasteiger partial charge in [-0.3, -0.25) is 0 Å². The predicted molar refractivity (Wildman–Crippen MR) is 234 cm³/mol. The molecular formula is C50H34N6O2Pt2. The van der Waals surface area contributed by atoms with Crippen molar-refractivity contribution in [2.45, 2.75) is 0 Å². The summed E-state index contributed by atoms with van der Waals surface area (Å²) in [4.78, 5) is 26.2. The van der Waals surface area contributed by atoms with E-state index in [0.717, 1.165) is 65.7 Å². The van der Waals surface area contributed by atoms with Gasteiger partial charge in [0.25, 0.3) is 0 Å². The van der Waals surface area contributed by atoms with Gasteiger partial charge >= 0.3 is 42.1 Å². The fraction of sp³-hybridized carbons (Fsp3) is 0.0400. The van der Waals surface area contributed by atoms with Crippen molar-refractivity contribution >= 4 is 87.2 Å². The normalized spacial score (nSPS) is 10.6. The van der Waals surface area contributed by atoms with Crippen LogP contribution < -0.4 is 19.4 Å². The van der Waals surface area contributed by atoms with Gasteiger partial charge in [-0.15, -0.1) is 70.1 Å². The van der Waals surface area contributed by atoms with E-state index < -0.39 is 0 Å². The number of hydrogen-bond donors (Lipinski definition) is 0. The van der Waals surface area contributed by atoms with E-state index in [9.17, 15) is 0 Å². The smallest absolute Gasteiger partial charge is 0.500 e. The van der Waals surface area contributed by atoms with E-state index in [0.29, 0.717) is 11.8 Å². The average Bonchev–Trinajstić information content (AvgIpc) is 3.87. The van der Waals surface area contributed by atoms with Gasteiger partial charge in [-0.25, -0.2) is 0 Å². The molecule has 12 aromatic rings. The summed E-state index contributed by atoms with van der Waals surface area (Å²) in [6.45, 7) is 0. The molecule has 0 amide bonds. The Morgan fingerprint density at radius 1 is 0.417 bits per heavy atom. The summed E-state index contributed by atoms with van der Waals surface area (Å²) in [6, 6.07) is 58.7. The average molecular weight is 1140 g/mol. The fourth-order valence-electron chi connectivity index (χ4n) is 6.98. The molecule has 60 heavy (non-hydrogen) atoms. The van der Waals surface area contributed by atoms with Crippen LogP contribution >= 0.6 is 0 Å². The van der Waals surface area contributed by atoms with Crippen LogP contribution in [0.15, 0.2) is 170 Å². The van der Waals surface area contributed by atoms with Crippen LogP contribution in [-0.4, -0.2) is 34.2 Å². The third-order valence-corrected chi connectivity index (χ3v) is 9.77. The summed E-state index contributed by atoms with van der Waals surface area (Å²) in [6.07, 6.45) is 3.64. The number of fused-ring (bicyclic) bond motifs is 12. The second kappa shape index (κ2) is 19.1. The predicted octanol–water partition coefficient (Wildman–Crippen LogP) is 11.1. The quantitative estimate of drug-likeness (QED) is 0.125. The van der Waals surface area contributed by atoms with Crippen molar-refractivity contribution in [1.82, 2.24) is 29.9 Å². The summed E-state index contributed by atoms with van der Waals surface area (Å²) in [5, 5.41) is 11.4. The minimum Gasteiger partial charge on any atom is -0.500 e. The maximum absolute atomic E-state index is 5.07. The third kappa shape index (κ3) is 8.62. The first-order valence-corrected chi connectivity index (χ1v) is 18.7. The van der Waals surface area contributed by atoms with E-state index >= 15 is 0 Å². The van der Waals surface area contributed by atoms with Crippen LogP contribution in [0.2, 0.25) is 0 Å². The van der Waals surface area contributed by atoms with E-state index in [1.165, 1.54) is 21.5 Å². The number of aromatic nitrogens is 6. The molecule has 12 rings (SSSR count). The summed E-state index contributed by atoms with van der Waals surface area (Å²) in [5.41, 5.74) is 5.52. The molecule has 6 aromatic heterocycles. The fourth-order valence-corrected chi connectivity index (χ4v) is 6.98. The Balaban J connectivity index is 0.000000120. The van der Waals surface area contributed by atoms with Crippen LogP contribution in [0.4, 0.5) is 0 Å². The molecule has 0 aliphatic rings. The van der Waals surface area contributed by atoms with Gasteiger partial charge in [0.2, 0.25) is 0 Å². The zero-order valence-corrected chi connectivity index (χ0v) is 36.8. The Morgan fingerprint density at radius 3 is 1.28 bits per heavy atom. The molecule has 0 radical (unpaired) electrons. The molecule has 0 N–H and O–H groups in total. The molecule has 296 valence electrons. The Labute approximate surface area is 374 Å². The number of nitrogens with zero attached hydrogens (tertiary/aromatic N) is 6.